The second kappa shape index (κ2) is 7.43. The molecule has 2 heterocycles. The number of halogens is 4. The zero-order chi connectivity index (χ0) is 19.4. The van der Waals surface area contributed by atoms with E-state index in [2.05, 4.69) is 19.9 Å². The van der Waals surface area contributed by atoms with Gasteiger partial charge >= 0.3 is 18.2 Å². The van der Waals surface area contributed by atoms with Crippen LogP contribution in [-0.4, -0.2) is 19.9 Å². The van der Waals surface area contributed by atoms with Crippen LogP contribution in [0.5, 0.6) is 23.5 Å². The highest BCUT2D eigenvalue weighted by Gasteiger charge is 2.31. The molecule has 0 aliphatic heterocycles. The lowest BCUT2D eigenvalue weighted by atomic mass is 10.2. The van der Waals surface area contributed by atoms with E-state index in [9.17, 15) is 18.4 Å². The summed E-state index contributed by atoms with van der Waals surface area (Å²) < 4.78 is 48.6. The van der Waals surface area contributed by atoms with Crippen molar-refractivity contribution in [2.45, 2.75) is 6.18 Å². The molecular weight excluding hydrogens is 387 g/mol. The fourth-order valence-electron chi connectivity index (χ4n) is 1.85. The first-order valence-electron chi connectivity index (χ1n) is 7.12. The van der Waals surface area contributed by atoms with Crippen LogP contribution in [0.1, 0.15) is 11.1 Å². The summed E-state index contributed by atoms with van der Waals surface area (Å²) in [6.07, 6.45) is -0.835. The molecule has 0 bridgehead atoms. The first kappa shape index (κ1) is 18.3. The number of ether oxygens (including phenoxy) is 2. The summed E-state index contributed by atoms with van der Waals surface area (Å²) in [7, 11) is 0. The molecule has 7 nitrogen and oxygen atoms in total. The van der Waals surface area contributed by atoms with Gasteiger partial charge in [-0.05, 0) is 12.1 Å². The third kappa shape index (κ3) is 4.39. The Kier molecular flexibility index (Phi) is 5.05. The second-order valence-corrected chi connectivity index (χ2v) is 5.32. The van der Waals surface area contributed by atoms with Crippen LogP contribution in [-0.2, 0) is 6.18 Å². The van der Waals surface area contributed by atoms with Crippen LogP contribution < -0.4 is 9.47 Å². The molecule has 0 aliphatic carbocycles. The van der Waals surface area contributed by atoms with Gasteiger partial charge in [0.1, 0.15) is 6.07 Å². The maximum Gasteiger partial charge on any atom is 0.419 e. The minimum absolute atomic E-state index is 0.0415. The highest BCUT2D eigenvalue weighted by Crippen LogP contribution is 2.36. The molecule has 0 unspecified atom stereocenters. The standard InChI is InChI=1S/C16H7ClF3N5O2/c17-11-7-24-14(25-8-11)26-12-3-1-2-9(4-21)13(12)27-15-22-5-10(6-23-15)16(18,19)20/h1-3,5-8H. The molecule has 0 saturated heterocycles. The Morgan fingerprint density at radius 3 is 2.11 bits per heavy atom. The largest absolute Gasteiger partial charge is 0.420 e. The van der Waals surface area contributed by atoms with Gasteiger partial charge in [-0.15, -0.1) is 0 Å². The van der Waals surface area contributed by atoms with Crippen molar-refractivity contribution in [2.75, 3.05) is 0 Å². The minimum atomic E-state index is -4.58. The van der Waals surface area contributed by atoms with Crippen LogP contribution in [0.4, 0.5) is 13.2 Å². The van der Waals surface area contributed by atoms with Crippen molar-refractivity contribution in [1.29, 1.82) is 5.26 Å². The quantitative estimate of drug-likeness (QED) is 0.648. The molecule has 0 aliphatic rings. The van der Waals surface area contributed by atoms with Crippen LogP contribution in [0.15, 0.2) is 43.0 Å². The molecule has 0 fully saturated rings. The minimum Gasteiger partial charge on any atom is -0.420 e. The Labute approximate surface area is 155 Å². The summed E-state index contributed by atoms with van der Waals surface area (Å²) in [4.78, 5) is 14.7. The Bertz CT molecular complexity index is 989. The number of nitrogens with zero attached hydrogens (tertiary/aromatic N) is 5. The lowest BCUT2D eigenvalue weighted by Gasteiger charge is -2.12. The van der Waals surface area contributed by atoms with E-state index in [0.29, 0.717) is 17.4 Å². The van der Waals surface area contributed by atoms with E-state index in [1.54, 1.807) is 0 Å². The number of hydrogen-bond acceptors (Lipinski definition) is 7. The van der Waals surface area contributed by atoms with Crippen molar-refractivity contribution < 1.29 is 22.6 Å². The molecule has 136 valence electrons. The van der Waals surface area contributed by atoms with E-state index in [1.165, 1.54) is 30.6 Å². The van der Waals surface area contributed by atoms with Gasteiger partial charge in [0, 0.05) is 12.4 Å². The smallest absolute Gasteiger partial charge is 0.419 e. The molecule has 27 heavy (non-hydrogen) atoms. The van der Waals surface area contributed by atoms with Crippen molar-refractivity contribution >= 4 is 11.6 Å². The van der Waals surface area contributed by atoms with Gasteiger partial charge in [-0.25, -0.2) is 19.9 Å². The normalized spacial score (nSPS) is 10.9. The van der Waals surface area contributed by atoms with Crippen LogP contribution in [0.2, 0.25) is 5.02 Å². The Morgan fingerprint density at radius 2 is 1.52 bits per heavy atom. The number of nitriles is 1. The van der Waals surface area contributed by atoms with Crippen LogP contribution in [0.3, 0.4) is 0 Å². The Balaban J connectivity index is 1.92. The van der Waals surface area contributed by atoms with Crippen LogP contribution in [0, 0.1) is 11.3 Å². The summed E-state index contributed by atoms with van der Waals surface area (Å²) in [6.45, 7) is 0. The number of benzene rings is 1. The molecule has 3 rings (SSSR count). The summed E-state index contributed by atoms with van der Waals surface area (Å²) in [6, 6.07) is 5.81. The number of alkyl halides is 3. The Hall–Kier alpha value is -3.45. The third-order valence-corrected chi connectivity index (χ3v) is 3.24. The van der Waals surface area contributed by atoms with Crippen LogP contribution >= 0.6 is 11.6 Å². The first-order chi connectivity index (χ1) is 12.9. The second-order valence-electron chi connectivity index (χ2n) is 4.88. The molecule has 3 aromatic rings. The lowest BCUT2D eigenvalue weighted by molar-refractivity contribution is -0.138. The van der Waals surface area contributed by atoms with Gasteiger partial charge in [-0.2, -0.15) is 18.4 Å². The molecule has 0 saturated carbocycles. The van der Waals surface area contributed by atoms with Gasteiger partial charge < -0.3 is 9.47 Å². The van der Waals surface area contributed by atoms with E-state index in [4.69, 9.17) is 21.1 Å². The van der Waals surface area contributed by atoms with Gasteiger partial charge in [0.25, 0.3) is 0 Å². The first-order valence-corrected chi connectivity index (χ1v) is 7.50. The Morgan fingerprint density at radius 1 is 0.926 bits per heavy atom. The van der Waals surface area contributed by atoms with Crippen molar-refractivity contribution in [3.05, 3.63) is 59.1 Å². The molecule has 1 aromatic carbocycles. The molecule has 0 radical (unpaired) electrons. The van der Waals surface area contributed by atoms with Gasteiger partial charge in [0.2, 0.25) is 0 Å². The molecule has 0 atom stereocenters. The monoisotopic (exact) mass is 393 g/mol. The van der Waals surface area contributed by atoms with Gasteiger partial charge in [0.15, 0.2) is 11.5 Å². The van der Waals surface area contributed by atoms with Crippen molar-refractivity contribution in [1.82, 2.24) is 19.9 Å². The van der Waals surface area contributed by atoms with E-state index < -0.39 is 17.8 Å². The van der Waals surface area contributed by atoms with E-state index in [-0.39, 0.29) is 23.1 Å². The van der Waals surface area contributed by atoms with E-state index >= 15 is 0 Å². The average Bonchev–Trinajstić information content (AvgIpc) is 2.64. The maximum absolute atomic E-state index is 12.6. The molecule has 0 amide bonds. The SMILES string of the molecule is N#Cc1cccc(Oc2ncc(Cl)cn2)c1Oc1ncc(C(F)(F)F)cn1. The third-order valence-electron chi connectivity index (χ3n) is 3.05. The molecule has 2 aromatic heterocycles. The molecular formula is C16H7ClF3N5O2. The van der Waals surface area contributed by atoms with E-state index in [0.717, 1.165) is 0 Å². The topological polar surface area (TPSA) is 93.8 Å². The highest BCUT2D eigenvalue weighted by molar-refractivity contribution is 6.30. The zero-order valence-corrected chi connectivity index (χ0v) is 13.9. The molecule has 0 spiro atoms. The predicted molar refractivity (Wildman–Crippen MR) is 85.4 cm³/mol. The number of aromatic nitrogens is 4. The average molecular weight is 394 g/mol. The number of rotatable bonds is 4. The van der Waals surface area contributed by atoms with Crippen molar-refractivity contribution in [2.24, 2.45) is 0 Å². The zero-order valence-electron chi connectivity index (χ0n) is 13.1. The van der Waals surface area contributed by atoms with Gasteiger partial charge in [0.05, 0.1) is 28.5 Å². The van der Waals surface area contributed by atoms with Crippen molar-refractivity contribution in [3.63, 3.8) is 0 Å². The summed E-state index contributed by atoms with van der Waals surface area (Å²) in [5.41, 5.74) is -0.987. The number of hydrogen-bond donors (Lipinski definition) is 0. The summed E-state index contributed by atoms with van der Waals surface area (Å²) in [5.74, 6) is -0.0572. The fraction of sp³-hybridized carbons (Fsp3) is 0.0625. The van der Waals surface area contributed by atoms with Gasteiger partial charge in [-0.3, -0.25) is 0 Å². The summed E-state index contributed by atoms with van der Waals surface area (Å²) in [5, 5.41) is 9.54. The van der Waals surface area contributed by atoms with Crippen LogP contribution in [0.25, 0.3) is 0 Å². The maximum atomic E-state index is 12.6. The van der Waals surface area contributed by atoms with Crippen molar-refractivity contribution in [3.8, 4) is 29.6 Å². The highest BCUT2D eigenvalue weighted by atomic mass is 35.5. The van der Waals surface area contributed by atoms with E-state index in [1.807, 2.05) is 6.07 Å². The van der Waals surface area contributed by atoms with Gasteiger partial charge in [-0.1, -0.05) is 17.7 Å². The molecule has 11 heteroatoms. The predicted octanol–water partition coefficient (Wildman–Crippen LogP) is 4.40. The lowest BCUT2D eigenvalue weighted by Crippen LogP contribution is -2.07. The molecule has 0 N–H and O–H groups in total. The number of para-hydroxylation sites is 1. The fourth-order valence-corrected chi connectivity index (χ4v) is 1.95. The summed E-state index contributed by atoms with van der Waals surface area (Å²) >= 11 is 5.70.